The van der Waals surface area contributed by atoms with Gasteiger partial charge >= 0.3 is 0 Å². The molecule has 0 fully saturated rings. The molecule has 0 aliphatic carbocycles. The summed E-state index contributed by atoms with van der Waals surface area (Å²) in [5, 5.41) is 1.72. The zero-order valence-corrected chi connectivity index (χ0v) is 9.28. The lowest BCUT2D eigenvalue weighted by atomic mass is 9.92. The Labute approximate surface area is 89.6 Å². The fourth-order valence-electron chi connectivity index (χ4n) is 1.92. The second-order valence-corrected chi connectivity index (χ2v) is 4.11. The lowest BCUT2D eigenvalue weighted by Gasteiger charge is -2.30. The molecule has 0 N–H and O–H groups in total. The standard InChI is InChI=1S/C12H15NO2/c1-8-4-5-10-11(9(2)14)7-13(3)15-12(10)6-8/h4-6,11H,7H2,1-3H3. The van der Waals surface area contributed by atoms with E-state index in [1.165, 1.54) is 0 Å². The third kappa shape index (κ3) is 1.88. The molecule has 3 heteroatoms. The number of Topliss-reactive ketones (excluding diaryl/α,β-unsaturated/α-hetero) is 1. The fraction of sp³-hybridized carbons (Fsp3) is 0.417. The molecule has 0 spiro atoms. The zero-order valence-electron chi connectivity index (χ0n) is 9.28. The largest absolute Gasteiger partial charge is 0.406 e. The highest BCUT2D eigenvalue weighted by Gasteiger charge is 2.28. The van der Waals surface area contributed by atoms with Gasteiger partial charge in [-0.1, -0.05) is 12.1 Å². The molecule has 1 aromatic carbocycles. The van der Waals surface area contributed by atoms with Gasteiger partial charge in [-0.25, -0.2) is 0 Å². The van der Waals surface area contributed by atoms with Crippen LogP contribution in [-0.2, 0) is 4.79 Å². The fourth-order valence-corrected chi connectivity index (χ4v) is 1.92. The molecule has 0 aromatic heterocycles. The number of nitrogens with zero attached hydrogens (tertiary/aromatic N) is 1. The van der Waals surface area contributed by atoms with Crippen molar-refractivity contribution in [1.29, 1.82) is 0 Å². The van der Waals surface area contributed by atoms with Gasteiger partial charge in [-0.3, -0.25) is 4.79 Å². The normalized spacial score (nSPS) is 20.6. The number of likely N-dealkylation sites (N-methyl/N-ethyl adjacent to an activating group) is 1. The molecular formula is C12H15NO2. The minimum atomic E-state index is -0.0562. The van der Waals surface area contributed by atoms with Crippen molar-refractivity contribution in [1.82, 2.24) is 5.06 Å². The van der Waals surface area contributed by atoms with Crippen LogP contribution in [0.1, 0.15) is 24.0 Å². The maximum absolute atomic E-state index is 11.5. The topological polar surface area (TPSA) is 29.5 Å². The molecule has 0 saturated heterocycles. The molecule has 0 radical (unpaired) electrons. The van der Waals surface area contributed by atoms with E-state index in [0.29, 0.717) is 6.54 Å². The van der Waals surface area contributed by atoms with Crippen LogP contribution in [0.5, 0.6) is 5.75 Å². The lowest BCUT2D eigenvalue weighted by Crippen LogP contribution is -2.35. The number of carbonyl (C=O) groups is 1. The average Bonchev–Trinajstić information content (AvgIpc) is 2.15. The monoisotopic (exact) mass is 205 g/mol. The van der Waals surface area contributed by atoms with Crippen molar-refractivity contribution in [3.63, 3.8) is 0 Å². The van der Waals surface area contributed by atoms with Gasteiger partial charge in [0.1, 0.15) is 5.78 Å². The first kappa shape index (κ1) is 10.2. The summed E-state index contributed by atoms with van der Waals surface area (Å²) in [7, 11) is 1.85. The summed E-state index contributed by atoms with van der Waals surface area (Å²) in [5.74, 6) is 0.943. The zero-order chi connectivity index (χ0) is 11.0. The number of hydroxylamine groups is 2. The maximum Gasteiger partial charge on any atom is 0.151 e. The number of carbonyl (C=O) groups excluding carboxylic acids is 1. The SMILES string of the molecule is CC(=O)C1CN(C)Oc2cc(C)ccc21. The Morgan fingerprint density at radius 2 is 2.27 bits per heavy atom. The number of hydrogen-bond acceptors (Lipinski definition) is 3. The summed E-state index contributed by atoms with van der Waals surface area (Å²) < 4.78 is 0. The molecule has 3 nitrogen and oxygen atoms in total. The lowest BCUT2D eigenvalue weighted by molar-refractivity contribution is -0.123. The number of ketones is 1. The molecule has 0 bridgehead atoms. The number of rotatable bonds is 1. The summed E-state index contributed by atoms with van der Waals surface area (Å²) in [6, 6.07) is 5.98. The Kier molecular flexibility index (Phi) is 2.49. The first-order chi connectivity index (χ1) is 7.08. The number of aryl methyl sites for hydroxylation is 1. The number of fused-ring (bicyclic) bond motifs is 1. The van der Waals surface area contributed by atoms with E-state index in [2.05, 4.69) is 0 Å². The summed E-state index contributed by atoms with van der Waals surface area (Å²) in [6.45, 7) is 4.28. The van der Waals surface area contributed by atoms with E-state index in [1.54, 1.807) is 12.0 Å². The van der Waals surface area contributed by atoms with Gasteiger partial charge in [0.15, 0.2) is 5.75 Å². The van der Waals surface area contributed by atoms with Crippen LogP contribution in [0.3, 0.4) is 0 Å². The van der Waals surface area contributed by atoms with Gasteiger partial charge in [-0.2, -0.15) is 0 Å². The van der Waals surface area contributed by atoms with Crippen LogP contribution in [0.25, 0.3) is 0 Å². The number of benzene rings is 1. The number of hydrogen-bond donors (Lipinski definition) is 0. The van der Waals surface area contributed by atoms with E-state index in [-0.39, 0.29) is 11.7 Å². The molecule has 1 aromatic rings. The predicted molar refractivity (Wildman–Crippen MR) is 57.9 cm³/mol. The van der Waals surface area contributed by atoms with Crippen LogP contribution in [-0.4, -0.2) is 24.4 Å². The second kappa shape index (κ2) is 3.66. The minimum absolute atomic E-state index is 0.0562. The first-order valence-corrected chi connectivity index (χ1v) is 5.08. The van der Waals surface area contributed by atoms with Crippen molar-refractivity contribution in [2.24, 2.45) is 0 Å². The van der Waals surface area contributed by atoms with Crippen LogP contribution in [0.4, 0.5) is 0 Å². The third-order valence-electron chi connectivity index (χ3n) is 2.73. The van der Waals surface area contributed by atoms with Crippen molar-refractivity contribution in [2.45, 2.75) is 19.8 Å². The van der Waals surface area contributed by atoms with E-state index in [9.17, 15) is 4.79 Å². The highest BCUT2D eigenvalue weighted by Crippen LogP contribution is 2.33. The van der Waals surface area contributed by atoms with Gasteiger partial charge < -0.3 is 4.84 Å². The van der Waals surface area contributed by atoms with Crippen molar-refractivity contribution in [3.05, 3.63) is 29.3 Å². The molecule has 1 aliphatic rings. The van der Waals surface area contributed by atoms with Gasteiger partial charge in [-0.15, -0.1) is 5.06 Å². The minimum Gasteiger partial charge on any atom is -0.406 e. The highest BCUT2D eigenvalue weighted by molar-refractivity contribution is 5.84. The summed E-state index contributed by atoms with van der Waals surface area (Å²) in [5.41, 5.74) is 2.15. The maximum atomic E-state index is 11.5. The van der Waals surface area contributed by atoms with Gasteiger partial charge in [0.2, 0.25) is 0 Å². The van der Waals surface area contributed by atoms with E-state index in [0.717, 1.165) is 16.9 Å². The van der Waals surface area contributed by atoms with Crippen molar-refractivity contribution in [3.8, 4) is 5.75 Å². The summed E-state index contributed by atoms with van der Waals surface area (Å²) >= 11 is 0. The van der Waals surface area contributed by atoms with Crippen molar-refractivity contribution in [2.75, 3.05) is 13.6 Å². The van der Waals surface area contributed by atoms with Crippen LogP contribution in [0, 0.1) is 6.92 Å². The molecule has 0 amide bonds. The Morgan fingerprint density at radius 1 is 1.53 bits per heavy atom. The van der Waals surface area contributed by atoms with E-state index >= 15 is 0 Å². The summed E-state index contributed by atoms with van der Waals surface area (Å²) in [4.78, 5) is 17.1. The first-order valence-electron chi connectivity index (χ1n) is 5.08. The van der Waals surface area contributed by atoms with Gasteiger partial charge in [0.25, 0.3) is 0 Å². The molecular weight excluding hydrogens is 190 g/mol. The van der Waals surface area contributed by atoms with Gasteiger partial charge in [-0.05, 0) is 25.5 Å². The highest BCUT2D eigenvalue weighted by atomic mass is 16.7. The molecule has 15 heavy (non-hydrogen) atoms. The second-order valence-electron chi connectivity index (χ2n) is 4.11. The van der Waals surface area contributed by atoms with Crippen LogP contribution >= 0.6 is 0 Å². The van der Waals surface area contributed by atoms with Gasteiger partial charge in [0, 0.05) is 19.2 Å². The van der Waals surface area contributed by atoms with Crippen molar-refractivity contribution >= 4 is 5.78 Å². The Bertz CT molecular complexity index is 401. The van der Waals surface area contributed by atoms with Crippen LogP contribution in [0.2, 0.25) is 0 Å². The van der Waals surface area contributed by atoms with E-state index < -0.39 is 0 Å². The smallest absolute Gasteiger partial charge is 0.151 e. The van der Waals surface area contributed by atoms with Crippen molar-refractivity contribution < 1.29 is 9.63 Å². The molecule has 80 valence electrons. The molecule has 1 aliphatic heterocycles. The molecule has 0 saturated carbocycles. The van der Waals surface area contributed by atoms with Gasteiger partial charge in [0.05, 0.1) is 5.92 Å². The average molecular weight is 205 g/mol. The molecule has 2 rings (SSSR count). The molecule has 1 atom stereocenters. The van der Waals surface area contributed by atoms with Crippen LogP contribution in [0.15, 0.2) is 18.2 Å². The molecule has 1 heterocycles. The van der Waals surface area contributed by atoms with Crippen LogP contribution < -0.4 is 4.84 Å². The van der Waals surface area contributed by atoms with E-state index in [4.69, 9.17) is 4.84 Å². The third-order valence-corrected chi connectivity index (χ3v) is 2.73. The quantitative estimate of drug-likeness (QED) is 0.701. The Balaban J connectivity index is 2.46. The van der Waals surface area contributed by atoms with E-state index in [1.807, 2.05) is 32.2 Å². The Hall–Kier alpha value is -1.35. The predicted octanol–water partition coefficient (Wildman–Crippen LogP) is 1.91. The Morgan fingerprint density at radius 3 is 2.93 bits per heavy atom. The molecule has 1 unspecified atom stereocenters. The summed E-state index contributed by atoms with van der Waals surface area (Å²) in [6.07, 6.45) is 0.